The van der Waals surface area contributed by atoms with Crippen LogP contribution < -0.4 is 10.1 Å². The first-order valence-corrected chi connectivity index (χ1v) is 6.61. The van der Waals surface area contributed by atoms with Gasteiger partial charge in [-0.25, -0.2) is 0 Å². The van der Waals surface area contributed by atoms with Crippen molar-refractivity contribution < 1.29 is 9.15 Å². The molecule has 1 N–H and O–H groups in total. The van der Waals surface area contributed by atoms with Gasteiger partial charge in [-0.3, -0.25) is 0 Å². The molecule has 0 bridgehead atoms. The zero-order valence-electron chi connectivity index (χ0n) is 11.8. The van der Waals surface area contributed by atoms with Crippen LogP contribution in [0.3, 0.4) is 0 Å². The highest BCUT2D eigenvalue weighted by molar-refractivity contribution is 5.38. The lowest BCUT2D eigenvalue weighted by Gasteiger charge is -2.17. The zero-order chi connectivity index (χ0) is 13.7. The predicted molar refractivity (Wildman–Crippen MR) is 76.6 cm³/mol. The molecular formula is C16H21NO2. The summed E-state index contributed by atoms with van der Waals surface area (Å²) in [5.74, 6) is 1.94. The molecule has 0 aliphatic rings. The standard InChI is InChI=1S/C16H21NO2/c1-12-6-7-16(18-3)15(11-12)13(2)17-9-8-14-5-4-10-19-14/h4-7,10-11,13,17H,8-9H2,1-3H3. The zero-order valence-corrected chi connectivity index (χ0v) is 11.8. The molecule has 1 aromatic carbocycles. The Morgan fingerprint density at radius 2 is 2.16 bits per heavy atom. The highest BCUT2D eigenvalue weighted by atomic mass is 16.5. The molecule has 1 unspecified atom stereocenters. The van der Waals surface area contributed by atoms with Crippen LogP contribution in [-0.4, -0.2) is 13.7 Å². The lowest BCUT2D eigenvalue weighted by molar-refractivity contribution is 0.401. The Hall–Kier alpha value is -1.74. The Morgan fingerprint density at radius 3 is 2.84 bits per heavy atom. The Bertz CT molecular complexity index is 505. The van der Waals surface area contributed by atoms with Crippen LogP contribution in [0, 0.1) is 6.92 Å². The summed E-state index contributed by atoms with van der Waals surface area (Å²) in [7, 11) is 1.71. The third kappa shape index (κ3) is 3.61. The fourth-order valence-electron chi connectivity index (χ4n) is 2.17. The maximum Gasteiger partial charge on any atom is 0.123 e. The summed E-state index contributed by atoms with van der Waals surface area (Å²) in [6, 6.07) is 10.4. The average molecular weight is 259 g/mol. The molecule has 0 saturated heterocycles. The topological polar surface area (TPSA) is 34.4 Å². The quantitative estimate of drug-likeness (QED) is 0.862. The molecule has 0 amide bonds. The number of furan rings is 1. The van der Waals surface area contributed by atoms with E-state index in [2.05, 4.69) is 31.3 Å². The van der Waals surface area contributed by atoms with Crippen molar-refractivity contribution in [3.8, 4) is 5.75 Å². The molecule has 3 heteroatoms. The van der Waals surface area contributed by atoms with Crippen molar-refractivity contribution in [2.45, 2.75) is 26.3 Å². The molecule has 0 fully saturated rings. The summed E-state index contributed by atoms with van der Waals surface area (Å²) < 4.78 is 10.7. The fourth-order valence-corrected chi connectivity index (χ4v) is 2.17. The van der Waals surface area contributed by atoms with Crippen LogP contribution >= 0.6 is 0 Å². The maximum atomic E-state index is 5.42. The highest BCUT2D eigenvalue weighted by Gasteiger charge is 2.11. The monoisotopic (exact) mass is 259 g/mol. The van der Waals surface area contributed by atoms with Crippen molar-refractivity contribution in [3.63, 3.8) is 0 Å². The Labute approximate surface area is 114 Å². The van der Waals surface area contributed by atoms with Crippen molar-refractivity contribution in [2.24, 2.45) is 0 Å². The number of hydrogen-bond acceptors (Lipinski definition) is 3. The third-order valence-electron chi connectivity index (χ3n) is 3.25. The lowest BCUT2D eigenvalue weighted by Crippen LogP contribution is -2.21. The van der Waals surface area contributed by atoms with E-state index >= 15 is 0 Å². The van der Waals surface area contributed by atoms with E-state index in [1.165, 1.54) is 11.1 Å². The minimum atomic E-state index is 0.254. The van der Waals surface area contributed by atoms with Gasteiger partial charge in [0.2, 0.25) is 0 Å². The number of rotatable bonds is 6. The first-order chi connectivity index (χ1) is 9.20. The lowest BCUT2D eigenvalue weighted by atomic mass is 10.0. The number of nitrogens with one attached hydrogen (secondary N) is 1. The van der Waals surface area contributed by atoms with Crippen LogP contribution in [0.2, 0.25) is 0 Å². The normalized spacial score (nSPS) is 12.4. The number of hydrogen-bond donors (Lipinski definition) is 1. The Morgan fingerprint density at radius 1 is 1.32 bits per heavy atom. The van der Waals surface area contributed by atoms with E-state index in [9.17, 15) is 0 Å². The number of methoxy groups -OCH3 is 1. The van der Waals surface area contributed by atoms with Crippen molar-refractivity contribution in [1.29, 1.82) is 0 Å². The summed E-state index contributed by atoms with van der Waals surface area (Å²) >= 11 is 0. The van der Waals surface area contributed by atoms with Gasteiger partial charge in [-0.1, -0.05) is 17.7 Å². The molecule has 0 saturated carbocycles. The minimum Gasteiger partial charge on any atom is -0.496 e. The number of aryl methyl sites for hydroxylation is 1. The van der Waals surface area contributed by atoms with E-state index < -0.39 is 0 Å². The van der Waals surface area contributed by atoms with Crippen molar-refractivity contribution in [3.05, 3.63) is 53.5 Å². The third-order valence-corrected chi connectivity index (χ3v) is 3.25. The van der Waals surface area contributed by atoms with Gasteiger partial charge in [-0.15, -0.1) is 0 Å². The summed E-state index contributed by atoms with van der Waals surface area (Å²) in [6.45, 7) is 5.13. The number of ether oxygens (including phenoxy) is 1. The van der Waals surface area contributed by atoms with Crippen LogP contribution in [0.25, 0.3) is 0 Å². The van der Waals surface area contributed by atoms with E-state index in [-0.39, 0.29) is 6.04 Å². The number of benzene rings is 1. The highest BCUT2D eigenvalue weighted by Crippen LogP contribution is 2.25. The smallest absolute Gasteiger partial charge is 0.123 e. The molecule has 1 atom stereocenters. The van der Waals surface area contributed by atoms with Gasteiger partial charge in [0.15, 0.2) is 0 Å². The van der Waals surface area contributed by atoms with Gasteiger partial charge in [0.05, 0.1) is 13.4 Å². The molecule has 0 aliphatic carbocycles. The minimum absolute atomic E-state index is 0.254. The second kappa shape index (κ2) is 6.43. The molecule has 0 spiro atoms. The molecular weight excluding hydrogens is 238 g/mol. The molecule has 3 nitrogen and oxygen atoms in total. The molecule has 1 heterocycles. The molecule has 1 aromatic heterocycles. The summed E-state index contributed by atoms with van der Waals surface area (Å²) in [6.07, 6.45) is 2.60. The van der Waals surface area contributed by atoms with Crippen molar-refractivity contribution in [1.82, 2.24) is 5.32 Å². The first-order valence-electron chi connectivity index (χ1n) is 6.61. The molecule has 0 aliphatic heterocycles. The SMILES string of the molecule is COc1ccc(C)cc1C(C)NCCc1ccco1. The molecule has 0 radical (unpaired) electrons. The first kappa shape index (κ1) is 13.7. The van der Waals surface area contributed by atoms with E-state index in [4.69, 9.17) is 9.15 Å². The van der Waals surface area contributed by atoms with E-state index in [0.717, 1.165) is 24.5 Å². The maximum absolute atomic E-state index is 5.42. The second-order valence-electron chi connectivity index (χ2n) is 4.75. The summed E-state index contributed by atoms with van der Waals surface area (Å²) in [5.41, 5.74) is 2.44. The van der Waals surface area contributed by atoms with Crippen molar-refractivity contribution in [2.75, 3.05) is 13.7 Å². The summed E-state index contributed by atoms with van der Waals surface area (Å²) in [5, 5.41) is 3.50. The summed E-state index contributed by atoms with van der Waals surface area (Å²) in [4.78, 5) is 0. The van der Waals surface area contributed by atoms with Gasteiger partial charge in [0.25, 0.3) is 0 Å². The Kier molecular flexibility index (Phi) is 4.63. The predicted octanol–water partition coefficient (Wildman–Crippen LogP) is 3.49. The van der Waals surface area contributed by atoms with E-state index in [0.29, 0.717) is 0 Å². The molecule has 2 aromatic rings. The molecule has 19 heavy (non-hydrogen) atoms. The molecule has 102 valence electrons. The van der Waals surface area contributed by atoms with Crippen LogP contribution in [0.4, 0.5) is 0 Å². The average Bonchev–Trinajstić information content (AvgIpc) is 2.91. The van der Waals surface area contributed by atoms with Crippen LogP contribution in [0.5, 0.6) is 5.75 Å². The molecule has 2 rings (SSSR count). The van der Waals surface area contributed by atoms with Gasteiger partial charge in [0, 0.05) is 24.6 Å². The van der Waals surface area contributed by atoms with Gasteiger partial charge < -0.3 is 14.5 Å². The van der Waals surface area contributed by atoms with Crippen molar-refractivity contribution >= 4 is 0 Å². The van der Waals surface area contributed by atoms with E-state index in [1.807, 2.05) is 18.2 Å². The van der Waals surface area contributed by atoms with Crippen LogP contribution in [0.1, 0.15) is 29.9 Å². The van der Waals surface area contributed by atoms with Crippen LogP contribution in [-0.2, 0) is 6.42 Å². The largest absolute Gasteiger partial charge is 0.496 e. The van der Waals surface area contributed by atoms with Gasteiger partial charge in [-0.2, -0.15) is 0 Å². The fraction of sp³-hybridized carbons (Fsp3) is 0.375. The van der Waals surface area contributed by atoms with Gasteiger partial charge in [0.1, 0.15) is 11.5 Å². The van der Waals surface area contributed by atoms with Gasteiger partial charge in [-0.05, 0) is 32.0 Å². The van der Waals surface area contributed by atoms with Crippen LogP contribution in [0.15, 0.2) is 41.0 Å². The second-order valence-corrected chi connectivity index (χ2v) is 4.75. The van der Waals surface area contributed by atoms with E-state index in [1.54, 1.807) is 13.4 Å². The Balaban J connectivity index is 1.95. The van der Waals surface area contributed by atoms with Gasteiger partial charge >= 0.3 is 0 Å².